The van der Waals surface area contributed by atoms with Crippen molar-refractivity contribution >= 4 is 53.5 Å². The second-order valence-corrected chi connectivity index (χ2v) is 17.1. The molecule has 0 bridgehead atoms. The van der Waals surface area contributed by atoms with Gasteiger partial charge in [-0.05, 0) is 169 Å². The molecule has 0 aliphatic heterocycles. The summed E-state index contributed by atoms with van der Waals surface area (Å²) in [4.78, 5) is 2.58. The Hall–Kier alpha value is -8.00. The fourth-order valence-corrected chi connectivity index (χ4v) is 11.5. The van der Waals surface area contributed by atoms with Crippen LogP contribution in [0.3, 0.4) is 0 Å². The Labute approximate surface area is 352 Å². The zero-order chi connectivity index (χ0) is 39.5. The van der Waals surface area contributed by atoms with Crippen molar-refractivity contribution < 1.29 is 0 Å². The van der Waals surface area contributed by atoms with Gasteiger partial charge in [0.15, 0.2) is 0 Å². The van der Waals surface area contributed by atoms with E-state index in [1.165, 1.54) is 149 Å². The Kier molecular flexibility index (Phi) is 5.96. The monoisotopic (exact) mass is 767 g/mol. The summed E-state index contributed by atoms with van der Waals surface area (Å²) in [5.41, 5.74) is 26.8. The third-order valence-corrected chi connectivity index (χ3v) is 14.2. The third kappa shape index (κ3) is 4.10. The van der Waals surface area contributed by atoms with Gasteiger partial charge in [-0.25, -0.2) is 0 Å². The van der Waals surface area contributed by atoms with Crippen LogP contribution in [0.15, 0.2) is 164 Å². The predicted octanol–water partition coefficient (Wildman–Crippen LogP) is 10.0. The molecule has 0 unspecified atom stereocenters. The summed E-state index contributed by atoms with van der Waals surface area (Å²) >= 11 is 0. The lowest BCUT2D eigenvalue weighted by Gasteiger charge is -2.30. The number of nitrogens with zero attached hydrogens (tertiary/aromatic N) is 1. The van der Waals surface area contributed by atoms with Crippen LogP contribution in [0.4, 0.5) is 17.1 Å². The maximum Gasteiger partial charge on any atom is 0.0540 e. The highest BCUT2D eigenvalue weighted by atomic mass is 15.2. The predicted molar refractivity (Wildman–Crippen MR) is 253 cm³/mol. The molecule has 0 amide bonds. The molecule has 61 heavy (non-hydrogen) atoms. The van der Waals surface area contributed by atoms with Crippen molar-refractivity contribution in [1.29, 1.82) is 0 Å². The zero-order valence-corrected chi connectivity index (χ0v) is 33.0. The Morgan fingerprint density at radius 2 is 0.459 bits per heavy atom. The number of rotatable bonds is 3. The smallest absolute Gasteiger partial charge is 0.0540 e. The fraction of sp³-hybridized carbons (Fsp3) is 0. The van der Waals surface area contributed by atoms with Crippen molar-refractivity contribution in [2.75, 3.05) is 4.90 Å². The standard InChI is InChI=1S/C60H33N/c1-4-13-37-34(10-1)28-49-43(37)22-25-46-40-16-7-19-58(55(40)31-52(46)49)61(59-20-8-17-41-47-26-23-44-38-14-5-2-11-35(38)29-50(44)53(47)32-56(41)59)60-21-9-18-42-48-27-24-45-39-15-6-3-12-36(39)30-51(45)54(48)33-57(42)60/h1-33H. The Morgan fingerprint density at radius 1 is 0.197 bits per heavy atom. The van der Waals surface area contributed by atoms with E-state index in [9.17, 15) is 0 Å². The van der Waals surface area contributed by atoms with E-state index < -0.39 is 0 Å². The van der Waals surface area contributed by atoms with Gasteiger partial charge in [0.25, 0.3) is 0 Å². The van der Waals surface area contributed by atoms with Gasteiger partial charge >= 0.3 is 0 Å². The van der Waals surface area contributed by atoms with Gasteiger partial charge in [0.05, 0.1) is 17.1 Å². The van der Waals surface area contributed by atoms with Gasteiger partial charge in [-0.15, -0.1) is 0 Å². The number of anilines is 3. The van der Waals surface area contributed by atoms with Gasteiger partial charge in [0.1, 0.15) is 0 Å². The Morgan fingerprint density at radius 3 is 0.787 bits per heavy atom. The molecular formula is C60H33N. The molecule has 1 nitrogen and oxygen atoms in total. The lowest BCUT2D eigenvalue weighted by Crippen LogP contribution is -2.25. The first-order chi connectivity index (χ1) is 30.2. The number of benzene rings is 9. The van der Waals surface area contributed by atoms with E-state index >= 15 is 0 Å². The number of hydrogen-bond acceptors (Lipinski definition) is 1. The fourth-order valence-electron chi connectivity index (χ4n) is 11.5. The molecular weight excluding hydrogens is 735 g/mol. The largest absolute Gasteiger partial charge is 0.309 e. The maximum atomic E-state index is 2.58. The first kappa shape index (κ1) is 31.9. The minimum Gasteiger partial charge on any atom is -0.309 e. The normalized spacial score (nSPS) is 13.4. The van der Waals surface area contributed by atoms with Gasteiger partial charge in [0, 0.05) is 16.7 Å². The average molecular weight is 768 g/mol. The second kappa shape index (κ2) is 11.4. The minimum absolute atomic E-state index is 1.18. The zero-order valence-electron chi connectivity index (χ0n) is 33.0. The van der Waals surface area contributed by atoms with Gasteiger partial charge in [-0.3, -0.25) is 0 Å². The van der Waals surface area contributed by atoms with E-state index in [-0.39, 0.29) is 0 Å². The van der Waals surface area contributed by atoms with Crippen LogP contribution >= 0.6 is 0 Å². The molecule has 0 N–H and O–H groups in total. The summed E-state index contributed by atoms with van der Waals surface area (Å²) in [6.07, 6.45) is 14.6. The molecule has 1 heteroatoms. The highest BCUT2D eigenvalue weighted by Crippen LogP contribution is 2.49. The first-order valence-electron chi connectivity index (χ1n) is 21.3. The summed E-state index contributed by atoms with van der Waals surface area (Å²) in [5.74, 6) is 0. The third-order valence-electron chi connectivity index (χ3n) is 14.2. The Balaban J connectivity index is 1.00. The molecule has 0 saturated heterocycles. The molecule has 6 aliphatic carbocycles. The van der Waals surface area contributed by atoms with Gasteiger partial charge in [-0.2, -0.15) is 0 Å². The summed E-state index contributed by atoms with van der Waals surface area (Å²) in [6, 6.07) is 61.2. The maximum absolute atomic E-state index is 2.58. The lowest BCUT2D eigenvalue weighted by atomic mass is 9.97. The molecule has 6 aliphatic rings. The van der Waals surface area contributed by atoms with E-state index in [2.05, 4.69) is 205 Å². The van der Waals surface area contributed by atoms with Crippen LogP contribution in [0.1, 0.15) is 33.4 Å². The van der Waals surface area contributed by atoms with Gasteiger partial charge < -0.3 is 4.90 Å². The quantitative estimate of drug-likeness (QED) is 0.173. The molecule has 278 valence electrons. The summed E-state index contributed by atoms with van der Waals surface area (Å²) in [5, 5.41) is 7.88. The molecule has 0 spiro atoms. The summed E-state index contributed by atoms with van der Waals surface area (Å²) in [6.45, 7) is 0. The molecule has 9 aromatic rings. The summed E-state index contributed by atoms with van der Waals surface area (Å²) < 4.78 is 0. The molecule has 0 saturated carbocycles. The molecule has 0 radical (unpaired) electrons. The van der Waals surface area contributed by atoms with E-state index in [1.54, 1.807) is 0 Å². The van der Waals surface area contributed by atoms with Crippen molar-refractivity contribution in [2.24, 2.45) is 0 Å². The number of hydrogen-bond donors (Lipinski definition) is 0. The average Bonchev–Trinajstić information content (AvgIpc) is 4.16. The van der Waals surface area contributed by atoms with E-state index in [1.807, 2.05) is 0 Å². The SMILES string of the molecule is C1=c2c(ccc3c2=Cc2c-3cccc2N(c2cccc3c2C=c2c-3ccc3c2=Cc2ccccc2-3)c2cccc3c2C=c2c-3ccc3c2=Cc2ccccc2-3)-c2ccccc21. The lowest BCUT2D eigenvalue weighted by molar-refractivity contribution is 1.27. The van der Waals surface area contributed by atoms with Crippen molar-refractivity contribution in [1.82, 2.24) is 0 Å². The van der Waals surface area contributed by atoms with Crippen LogP contribution in [0, 0.1) is 0 Å². The second-order valence-electron chi connectivity index (χ2n) is 17.1. The van der Waals surface area contributed by atoms with Gasteiger partial charge in [-0.1, -0.05) is 146 Å². The minimum atomic E-state index is 1.18. The van der Waals surface area contributed by atoms with Crippen LogP contribution in [0.2, 0.25) is 0 Å². The van der Waals surface area contributed by atoms with Crippen LogP contribution in [0.5, 0.6) is 0 Å². The highest BCUT2D eigenvalue weighted by Gasteiger charge is 2.30. The topological polar surface area (TPSA) is 3.24 Å². The van der Waals surface area contributed by atoms with Crippen molar-refractivity contribution in [3.05, 3.63) is 228 Å². The molecule has 0 atom stereocenters. The molecule has 0 fully saturated rings. The van der Waals surface area contributed by atoms with E-state index in [0.717, 1.165) is 0 Å². The first-order valence-corrected chi connectivity index (χ1v) is 21.3. The Bertz CT molecular complexity index is 3580. The van der Waals surface area contributed by atoms with Crippen molar-refractivity contribution in [2.45, 2.75) is 0 Å². The highest BCUT2D eigenvalue weighted by molar-refractivity contribution is 6.03. The molecule has 0 aromatic heterocycles. The van der Waals surface area contributed by atoms with Crippen LogP contribution in [-0.2, 0) is 0 Å². The van der Waals surface area contributed by atoms with Crippen molar-refractivity contribution in [3.63, 3.8) is 0 Å². The number of fused-ring (bicyclic) bond motifs is 21. The molecule has 0 heterocycles. The molecule has 9 aromatic carbocycles. The van der Waals surface area contributed by atoms with Gasteiger partial charge in [0.2, 0.25) is 0 Å². The van der Waals surface area contributed by atoms with Crippen LogP contribution in [-0.4, -0.2) is 0 Å². The van der Waals surface area contributed by atoms with E-state index in [4.69, 9.17) is 0 Å². The van der Waals surface area contributed by atoms with E-state index in [0.29, 0.717) is 0 Å². The van der Waals surface area contributed by atoms with Crippen LogP contribution < -0.4 is 36.2 Å². The van der Waals surface area contributed by atoms with Crippen molar-refractivity contribution in [3.8, 4) is 66.8 Å². The van der Waals surface area contributed by atoms with Crippen LogP contribution in [0.25, 0.3) is 103 Å². The summed E-state index contributed by atoms with van der Waals surface area (Å²) in [7, 11) is 0. The molecule has 15 rings (SSSR count).